The number of hydrogen-bond donors (Lipinski definition) is 0. The largest absolute Gasteiger partial charge is 0.417 e. The molecule has 0 spiro atoms. The molecular formula is C54H31F6N3S. The topological polar surface area (TPSA) is 30.7 Å². The molecule has 64 heavy (non-hydrogen) atoms. The van der Waals surface area contributed by atoms with Crippen LogP contribution in [0, 0.1) is 0 Å². The number of benzene rings is 8. The molecule has 11 rings (SSSR count). The fourth-order valence-corrected chi connectivity index (χ4v) is 10.2. The minimum atomic E-state index is -4.83. The van der Waals surface area contributed by atoms with E-state index in [0.29, 0.717) is 22.4 Å². The molecule has 0 aliphatic carbocycles. The second kappa shape index (κ2) is 15.1. The third-order valence-corrected chi connectivity index (χ3v) is 12.9. The van der Waals surface area contributed by atoms with Crippen molar-refractivity contribution in [2.75, 3.05) is 0 Å². The number of halogens is 6. The van der Waals surface area contributed by atoms with Crippen LogP contribution in [0.25, 0.3) is 104 Å². The van der Waals surface area contributed by atoms with Gasteiger partial charge >= 0.3 is 12.4 Å². The van der Waals surface area contributed by atoms with Gasteiger partial charge in [-0.05, 0) is 59.7 Å². The van der Waals surface area contributed by atoms with Gasteiger partial charge in [0.1, 0.15) is 0 Å². The maximum atomic E-state index is 15.4. The summed E-state index contributed by atoms with van der Waals surface area (Å²) < 4.78 is 96.0. The lowest BCUT2D eigenvalue weighted by Crippen LogP contribution is -2.11. The molecule has 0 aliphatic heterocycles. The van der Waals surface area contributed by atoms with Gasteiger partial charge in [0.15, 0.2) is 5.82 Å². The van der Waals surface area contributed by atoms with Crippen LogP contribution in [0.4, 0.5) is 26.3 Å². The molecule has 0 saturated carbocycles. The number of alkyl halides is 6. The second-order valence-corrected chi connectivity index (χ2v) is 16.5. The lowest BCUT2D eigenvalue weighted by atomic mass is 9.88. The van der Waals surface area contributed by atoms with E-state index in [1.165, 1.54) is 36.4 Å². The summed E-state index contributed by atoms with van der Waals surface area (Å²) in [5, 5.41) is 3.70. The molecule has 0 radical (unpaired) electrons. The highest BCUT2D eigenvalue weighted by Gasteiger charge is 2.37. The van der Waals surface area contributed by atoms with Gasteiger partial charge in [-0.1, -0.05) is 140 Å². The second-order valence-electron chi connectivity index (χ2n) is 15.5. The zero-order valence-electron chi connectivity index (χ0n) is 33.4. The maximum Gasteiger partial charge on any atom is 0.417 e. The molecule has 0 bridgehead atoms. The Kier molecular flexibility index (Phi) is 9.25. The molecule has 0 unspecified atom stereocenters. The van der Waals surface area contributed by atoms with E-state index in [0.717, 1.165) is 54.2 Å². The van der Waals surface area contributed by atoms with Gasteiger partial charge in [-0.25, -0.2) is 9.97 Å². The van der Waals surface area contributed by atoms with Gasteiger partial charge in [0.05, 0.1) is 39.2 Å². The van der Waals surface area contributed by atoms with Crippen molar-refractivity contribution >= 4 is 53.3 Å². The van der Waals surface area contributed by atoms with E-state index in [4.69, 9.17) is 9.97 Å². The number of hydrogen-bond acceptors (Lipinski definition) is 3. The summed E-state index contributed by atoms with van der Waals surface area (Å²) in [6.07, 6.45) is -9.66. The van der Waals surface area contributed by atoms with Crippen LogP contribution in [0.1, 0.15) is 11.1 Å². The third-order valence-electron chi connectivity index (χ3n) is 11.7. The van der Waals surface area contributed by atoms with Crippen molar-refractivity contribution in [1.82, 2.24) is 14.5 Å². The van der Waals surface area contributed by atoms with Crippen LogP contribution in [0.15, 0.2) is 188 Å². The van der Waals surface area contributed by atoms with Crippen molar-refractivity contribution in [3.05, 3.63) is 199 Å². The number of thiophene rings is 1. The van der Waals surface area contributed by atoms with Crippen LogP contribution in [-0.4, -0.2) is 14.5 Å². The summed E-state index contributed by atoms with van der Waals surface area (Å²) in [7, 11) is 0. The molecule has 0 aliphatic rings. The van der Waals surface area contributed by atoms with Gasteiger partial charge in [0, 0.05) is 58.8 Å². The Morgan fingerprint density at radius 2 is 0.906 bits per heavy atom. The molecule has 0 amide bonds. The van der Waals surface area contributed by atoms with Crippen LogP contribution >= 0.6 is 11.3 Å². The smallest absolute Gasteiger partial charge is 0.308 e. The first-order chi connectivity index (χ1) is 31.0. The normalized spacial score (nSPS) is 12.2. The fraction of sp³-hybridized carbons (Fsp3) is 0.0370. The number of nitrogens with zero attached hydrogens (tertiary/aromatic N) is 3. The summed E-state index contributed by atoms with van der Waals surface area (Å²) in [4.78, 5) is 10.00. The Bertz CT molecular complexity index is 3450. The standard InChI is InChI=1S/C54H31F6N3S/c55-53(56,57)42-23-11-7-19-35(42)40-29-34(52-61-44(32-15-3-1-4-16-32)31-45(62-52)33-17-5-2-6-18-33)30-41(36-20-8-12-24-43(36)54(58,59)60)50(40)63-46-25-13-9-22-39(46)49-47(63)28-27-38-37-21-10-14-26-48(37)64-51(38)49/h1-31H. The zero-order chi connectivity index (χ0) is 43.7. The molecule has 3 nitrogen and oxygen atoms in total. The first-order valence-corrected chi connectivity index (χ1v) is 21.2. The third kappa shape index (κ3) is 6.60. The number of para-hydroxylation sites is 1. The van der Waals surface area contributed by atoms with Crippen LogP contribution < -0.4 is 0 Å². The highest BCUT2D eigenvalue weighted by Crippen LogP contribution is 2.50. The molecule has 0 N–H and O–H groups in total. The minimum Gasteiger partial charge on any atom is -0.308 e. The first kappa shape index (κ1) is 39.3. The van der Waals surface area contributed by atoms with Gasteiger partial charge in [-0.3, -0.25) is 0 Å². The number of rotatable bonds is 6. The fourth-order valence-electron chi connectivity index (χ4n) is 8.91. The average molecular weight is 868 g/mol. The molecule has 0 fully saturated rings. The highest BCUT2D eigenvalue weighted by atomic mass is 32.1. The van der Waals surface area contributed by atoms with E-state index in [1.807, 2.05) is 132 Å². The SMILES string of the molecule is FC(F)(F)c1ccccc1-c1cc(-c2nc(-c3ccccc3)cc(-c3ccccc3)n2)cc(-c2ccccc2C(F)(F)F)c1-n1c2ccccc2c2c3sc4ccccc4c3ccc21. The van der Waals surface area contributed by atoms with Gasteiger partial charge in [0.25, 0.3) is 0 Å². The van der Waals surface area contributed by atoms with E-state index < -0.39 is 23.5 Å². The lowest BCUT2D eigenvalue weighted by Gasteiger charge is -2.24. The molecule has 0 saturated heterocycles. The molecule has 11 aromatic rings. The maximum absolute atomic E-state index is 15.4. The molecule has 3 heterocycles. The van der Waals surface area contributed by atoms with Crippen molar-refractivity contribution in [1.29, 1.82) is 0 Å². The molecule has 8 aromatic carbocycles. The first-order valence-electron chi connectivity index (χ1n) is 20.4. The van der Waals surface area contributed by atoms with E-state index in [-0.39, 0.29) is 39.3 Å². The van der Waals surface area contributed by atoms with Crippen LogP contribution in [0.2, 0.25) is 0 Å². The van der Waals surface area contributed by atoms with Crippen molar-refractivity contribution < 1.29 is 26.3 Å². The molecule has 3 aromatic heterocycles. The molecular weight excluding hydrogens is 837 g/mol. The summed E-state index contributed by atoms with van der Waals surface area (Å²) >= 11 is 1.60. The monoisotopic (exact) mass is 867 g/mol. The highest BCUT2D eigenvalue weighted by molar-refractivity contribution is 7.26. The zero-order valence-corrected chi connectivity index (χ0v) is 34.2. The van der Waals surface area contributed by atoms with E-state index in [9.17, 15) is 0 Å². The van der Waals surface area contributed by atoms with Gasteiger partial charge in [-0.2, -0.15) is 26.3 Å². The van der Waals surface area contributed by atoms with E-state index >= 15 is 26.3 Å². The van der Waals surface area contributed by atoms with Gasteiger partial charge in [-0.15, -0.1) is 11.3 Å². The van der Waals surface area contributed by atoms with Crippen LogP contribution in [0.3, 0.4) is 0 Å². The summed E-state index contributed by atoms with van der Waals surface area (Å²) in [6, 6.07) is 53.6. The predicted molar refractivity (Wildman–Crippen MR) is 246 cm³/mol. The summed E-state index contributed by atoms with van der Waals surface area (Å²) in [5.41, 5.74) is 1.94. The Hall–Kier alpha value is -7.56. The minimum absolute atomic E-state index is 0.0477. The quantitative estimate of drug-likeness (QED) is 0.156. The number of fused-ring (bicyclic) bond motifs is 7. The molecule has 310 valence electrons. The Balaban J connectivity index is 1.33. The summed E-state index contributed by atoms with van der Waals surface area (Å²) in [6.45, 7) is 0. The van der Waals surface area contributed by atoms with E-state index in [2.05, 4.69) is 0 Å². The summed E-state index contributed by atoms with van der Waals surface area (Å²) in [5.74, 6) is 0.123. The van der Waals surface area contributed by atoms with Crippen molar-refractivity contribution in [3.63, 3.8) is 0 Å². The Morgan fingerprint density at radius 1 is 0.406 bits per heavy atom. The van der Waals surface area contributed by atoms with Gasteiger partial charge in [0.2, 0.25) is 0 Å². The van der Waals surface area contributed by atoms with E-state index in [1.54, 1.807) is 23.5 Å². The predicted octanol–water partition coefficient (Wildman–Crippen LogP) is 16.3. The molecule has 10 heteroatoms. The Morgan fingerprint density at radius 3 is 1.48 bits per heavy atom. The average Bonchev–Trinajstić information content (AvgIpc) is 3.87. The lowest BCUT2D eigenvalue weighted by molar-refractivity contribution is -0.137. The van der Waals surface area contributed by atoms with Crippen LogP contribution in [-0.2, 0) is 12.4 Å². The van der Waals surface area contributed by atoms with Crippen molar-refractivity contribution in [2.45, 2.75) is 12.4 Å². The number of aromatic nitrogens is 3. The van der Waals surface area contributed by atoms with Crippen LogP contribution in [0.5, 0.6) is 0 Å². The van der Waals surface area contributed by atoms with Crippen molar-refractivity contribution in [3.8, 4) is 61.8 Å². The Labute approximate surface area is 366 Å². The van der Waals surface area contributed by atoms with Gasteiger partial charge < -0.3 is 4.57 Å². The molecule has 0 atom stereocenters. The van der Waals surface area contributed by atoms with Crippen molar-refractivity contribution in [2.24, 2.45) is 0 Å².